The monoisotopic (exact) mass is 366 g/mol. The number of rotatable bonds is 5. The van der Waals surface area contributed by atoms with Crippen molar-refractivity contribution >= 4 is 28.4 Å². The molecule has 3 rings (SSSR count). The SMILES string of the molecule is Cc1cc(NC(=O)C(=O)NCC(c2cccc3ccccc23)N(C)C)no1. The summed E-state index contributed by atoms with van der Waals surface area (Å²) >= 11 is 0. The van der Waals surface area contributed by atoms with E-state index in [0.29, 0.717) is 12.3 Å². The largest absolute Gasteiger partial charge is 0.360 e. The fourth-order valence-corrected chi connectivity index (χ4v) is 2.98. The summed E-state index contributed by atoms with van der Waals surface area (Å²) in [5, 5.41) is 11.0. The number of anilines is 1. The number of fused-ring (bicyclic) bond motifs is 1. The highest BCUT2D eigenvalue weighted by molar-refractivity contribution is 6.39. The fraction of sp³-hybridized carbons (Fsp3) is 0.250. The number of hydrogen-bond acceptors (Lipinski definition) is 5. The van der Waals surface area contributed by atoms with Gasteiger partial charge in [0.25, 0.3) is 0 Å². The van der Waals surface area contributed by atoms with Gasteiger partial charge in [-0.3, -0.25) is 14.9 Å². The predicted octanol–water partition coefficient (Wildman–Crippen LogP) is 2.49. The molecule has 7 nitrogen and oxygen atoms in total. The molecule has 1 heterocycles. The summed E-state index contributed by atoms with van der Waals surface area (Å²) < 4.78 is 4.87. The molecule has 1 unspecified atom stereocenters. The van der Waals surface area contributed by atoms with Crippen LogP contribution in [0, 0.1) is 6.92 Å². The number of carbonyl (C=O) groups is 2. The lowest BCUT2D eigenvalue weighted by Gasteiger charge is -2.26. The minimum atomic E-state index is -0.779. The predicted molar refractivity (Wildman–Crippen MR) is 103 cm³/mol. The Labute approximate surface area is 157 Å². The van der Waals surface area contributed by atoms with Crippen molar-refractivity contribution in [2.75, 3.05) is 26.0 Å². The molecule has 0 spiro atoms. The molecule has 2 aromatic carbocycles. The van der Waals surface area contributed by atoms with Crippen LogP contribution < -0.4 is 10.6 Å². The Morgan fingerprint density at radius 2 is 1.85 bits per heavy atom. The molecule has 140 valence electrons. The van der Waals surface area contributed by atoms with Crippen LogP contribution in [-0.4, -0.2) is 42.5 Å². The van der Waals surface area contributed by atoms with E-state index in [4.69, 9.17) is 4.52 Å². The van der Waals surface area contributed by atoms with Gasteiger partial charge in [0.05, 0.1) is 6.04 Å². The molecule has 1 aromatic heterocycles. The van der Waals surface area contributed by atoms with E-state index in [9.17, 15) is 9.59 Å². The Kier molecular flexibility index (Phi) is 5.52. The molecular weight excluding hydrogens is 344 g/mol. The van der Waals surface area contributed by atoms with Gasteiger partial charge in [-0.25, -0.2) is 0 Å². The van der Waals surface area contributed by atoms with Gasteiger partial charge in [-0.1, -0.05) is 47.6 Å². The number of aryl methyl sites for hydroxylation is 1. The first-order valence-electron chi connectivity index (χ1n) is 8.62. The minimum absolute atomic E-state index is 0.0813. The van der Waals surface area contributed by atoms with Crippen LogP contribution in [0.15, 0.2) is 53.1 Å². The van der Waals surface area contributed by atoms with E-state index in [1.54, 1.807) is 13.0 Å². The lowest BCUT2D eigenvalue weighted by molar-refractivity contribution is -0.136. The number of benzene rings is 2. The van der Waals surface area contributed by atoms with Crippen LogP contribution in [0.3, 0.4) is 0 Å². The number of nitrogens with one attached hydrogen (secondary N) is 2. The molecule has 0 bridgehead atoms. The van der Waals surface area contributed by atoms with E-state index in [1.165, 1.54) is 0 Å². The highest BCUT2D eigenvalue weighted by Crippen LogP contribution is 2.26. The molecule has 0 aliphatic rings. The summed E-state index contributed by atoms with van der Waals surface area (Å²) in [6.45, 7) is 2.00. The van der Waals surface area contributed by atoms with Crippen molar-refractivity contribution in [1.29, 1.82) is 0 Å². The van der Waals surface area contributed by atoms with Crippen LogP contribution in [0.2, 0.25) is 0 Å². The average Bonchev–Trinajstić information content (AvgIpc) is 3.06. The highest BCUT2D eigenvalue weighted by Gasteiger charge is 2.21. The van der Waals surface area contributed by atoms with Crippen molar-refractivity contribution in [3.8, 4) is 0 Å². The first-order valence-corrected chi connectivity index (χ1v) is 8.62. The molecule has 2 N–H and O–H groups in total. The molecule has 7 heteroatoms. The van der Waals surface area contributed by atoms with Crippen LogP contribution in [-0.2, 0) is 9.59 Å². The molecule has 0 fully saturated rings. The normalized spacial score (nSPS) is 12.1. The summed E-state index contributed by atoms with van der Waals surface area (Å²) in [7, 11) is 3.88. The van der Waals surface area contributed by atoms with Gasteiger partial charge < -0.3 is 14.7 Å². The fourth-order valence-electron chi connectivity index (χ4n) is 2.98. The number of hydrogen-bond donors (Lipinski definition) is 2. The van der Waals surface area contributed by atoms with Gasteiger partial charge in [0.15, 0.2) is 5.82 Å². The van der Waals surface area contributed by atoms with Crippen LogP contribution in [0.4, 0.5) is 5.82 Å². The van der Waals surface area contributed by atoms with Gasteiger partial charge in [-0.05, 0) is 37.4 Å². The Balaban J connectivity index is 1.71. The van der Waals surface area contributed by atoms with Crippen molar-refractivity contribution in [1.82, 2.24) is 15.4 Å². The van der Waals surface area contributed by atoms with Crippen molar-refractivity contribution in [2.45, 2.75) is 13.0 Å². The maximum Gasteiger partial charge on any atom is 0.314 e. The third kappa shape index (κ3) is 4.32. The topological polar surface area (TPSA) is 87.5 Å². The van der Waals surface area contributed by atoms with Gasteiger partial charge >= 0.3 is 11.8 Å². The second-order valence-electron chi connectivity index (χ2n) is 6.53. The van der Waals surface area contributed by atoms with Crippen molar-refractivity contribution in [3.05, 3.63) is 59.9 Å². The van der Waals surface area contributed by atoms with E-state index in [-0.39, 0.29) is 11.9 Å². The molecule has 0 aliphatic heterocycles. The zero-order valence-electron chi connectivity index (χ0n) is 15.5. The van der Waals surface area contributed by atoms with Crippen molar-refractivity contribution in [2.24, 2.45) is 0 Å². The molecule has 0 aliphatic carbocycles. The number of amides is 2. The Morgan fingerprint density at radius 1 is 1.11 bits per heavy atom. The standard InChI is InChI=1S/C20H22N4O3/c1-13-11-18(23-27-13)22-20(26)19(25)21-12-17(24(2)3)16-10-6-8-14-7-4-5-9-15(14)16/h4-11,17H,12H2,1-3H3,(H,21,25)(H,22,23,26). The molecule has 0 saturated carbocycles. The average molecular weight is 366 g/mol. The first-order chi connectivity index (χ1) is 13.0. The van der Waals surface area contributed by atoms with Crippen LogP contribution in [0.5, 0.6) is 0 Å². The van der Waals surface area contributed by atoms with Gasteiger partial charge in [0, 0.05) is 12.6 Å². The van der Waals surface area contributed by atoms with E-state index in [0.717, 1.165) is 16.3 Å². The maximum atomic E-state index is 12.2. The summed E-state index contributed by atoms with van der Waals surface area (Å²) in [5.74, 6) is -0.735. The summed E-state index contributed by atoms with van der Waals surface area (Å²) in [6.07, 6.45) is 0. The third-order valence-corrected chi connectivity index (χ3v) is 4.34. The second-order valence-corrected chi connectivity index (χ2v) is 6.53. The number of likely N-dealkylation sites (N-methyl/N-ethyl adjacent to an activating group) is 1. The van der Waals surface area contributed by atoms with Gasteiger partial charge in [-0.15, -0.1) is 0 Å². The van der Waals surface area contributed by atoms with E-state index in [2.05, 4.69) is 34.0 Å². The first kappa shape index (κ1) is 18.6. The van der Waals surface area contributed by atoms with E-state index in [1.807, 2.05) is 43.3 Å². The van der Waals surface area contributed by atoms with Crippen molar-refractivity contribution < 1.29 is 14.1 Å². The zero-order valence-corrected chi connectivity index (χ0v) is 15.5. The molecule has 0 saturated heterocycles. The third-order valence-electron chi connectivity index (χ3n) is 4.34. The molecule has 27 heavy (non-hydrogen) atoms. The number of aromatic nitrogens is 1. The summed E-state index contributed by atoms with van der Waals surface area (Å²) in [6, 6.07) is 15.6. The maximum absolute atomic E-state index is 12.2. The molecule has 1 atom stereocenters. The minimum Gasteiger partial charge on any atom is -0.360 e. The quantitative estimate of drug-likeness (QED) is 0.678. The van der Waals surface area contributed by atoms with E-state index >= 15 is 0 Å². The Hall–Kier alpha value is -3.19. The Morgan fingerprint density at radius 3 is 2.56 bits per heavy atom. The van der Waals surface area contributed by atoms with Crippen molar-refractivity contribution in [3.63, 3.8) is 0 Å². The van der Waals surface area contributed by atoms with E-state index < -0.39 is 11.8 Å². The lowest BCUT2D eigenvalue weighted by atomic mass is 9.98. The molecule has 3 aromatic rings. The van der Waals surface area contributed by atoms with Gasteiger partial charge in [-0.2, -0.15) is 0 Å². The van der Waals surface area contributed by atoms with Crippen LogP contribution in [0.1, 0.15) is 17.4 Å². The number of nitrogens with zero attached hydrogens (tertiary/aromatic N) is 2. The Bertz CT molecular complexity index is 959. The highest BCUT2D eigenvalue weighted by atomic mass is 16.5. The molecule has 0 radical (unpaired) electrons. The van der Waals surface area contributed by atoms with Crippen LogP contribution >= 0.6 is 0 Å². The van der Waals surface area contributed by atoms with Gasteiger partial charge in [0.2, 0.25) is 0 Å². The lowest BCUT2D eigenvalue weighted by Crippen LogP contribution is -2.40. The molecule has 2 amide bonds. The molecular formula is C20H22N4O3. The number of carbonyl (C=O) groups excluding carboxylic acids is 2. The zero-order chi connectivity index (χ0) is 19.4. The second kappa shape index (κ2) is 8.01. The smallest absolute Gasteiger partial charge is 0.314 e. The summed E-state index contributed by atoms with van der Waals surface area (Å²) in [5.41, 5.74) is 1.09. The summed E-state index contributed by atoms with van der Waals surface area (Å²) in [4.78, 5) is 26.2. The van der Waals surface area contributed by atoms with Crippen LogP contribution in [0.25, 0.3) is 10.8 Å². The van der Waals surface area contributed by atoms with Gasteiger partial charge in [0.1, 0.15) is 5.76 Å².